The lowest BCUT2D eigenvalue weighted by Crippen LogP contribution is -2.55. The summed E-state index contributed by atoms with van der Waals surface area (Å²) in [5, 5.41) is 0. The molecule has 6 heteroatoms. The van der Waals surface area contributed by atoms with Gasteiger partial charge in [-0.2, -0.15) is 8.42 Å². The van der Waals surface area contributed by atoms with Crippen LogP contribution in [0.25, 0.3) is 0 Å². The van der Waals surface area contributed by atoms with Crippen LogP contribution in [0.4, 0.5) is 0 Å². The minimum Gasteiger partial charge on any atom is -0.299 e. The highest BCUT2D eigenvalue weighted by Crippen LogP contribution is 2.63. The van der Waals surface area contributed by atoms with Gasteiger partial charge in [-0.25, -0.2) is 0 Å². The lowest BCUT2D eigenvalue weighted by molar-refractivity contribution is -0.142. The Kier molecular flexibility index (Phi) is 3.81. The fraction of sp³-hybridized carbons (Fsp3) is 0.692. The van der Waals surface area contributed by atoms with Crippen LogP contribution in [0.3, 0.4) is 0 Å². The van der Waals surface area contributed by atoms with E-state index in [0.29, 0.717) is 49.1 Å². The van der Waals surface area contributed by atoms with Crippen molar-refractivity contribution in [1.82, 2.24) is 0 Å². The van der Waals surface area contributed by atoms with Crippen molar-refractivity contribution < 1.29 is 22.6 Å². The zero-order valence-corrected chi connectivity index (χ0v) is 19.1. The van der Waals surface area contributed by atoms with Gasteiger partial charge in [-0.05, 0) is 98.0 Å². The Morgan fingerprint density at radius 2 is 1.06 bits per heavy atom. The van der Waals surface area contributed by atoms with Crippen molar-refractivity contribution >= 4 is 21.7 Å². The Morgan fingerprint density at radius 1 is 0.688 bits per heavy atom. The summed E-state index contributed by atoms with van der Waals surface area (Å²) in [6, 6.07) is 5.80. The number of hydrogen-bond acceptors (Lipinski definition) is 4. The maximum atomic E-state index is 13.0. The van der Waals surface area contributed by atoms with Crippen molar-refractivity contribution in [3.8, 4) is 0 Å². The molecule has 8 aliphatic rings. The first-order chi connectivity index (χ1) is 15.2. The molecule has 4 atom stereocenters. The van der Waals surface area contributed by atoms with Gasteiger partial charge in [0.1, 0.15) is 16.5 Å². The van der Waals surface area contributed by atoms with Crippen LogP contribution in [-0.2, 0) is 30.5 Å². The molecule has 0 saturated heterocycles. The van der Waals surface area contributed by atoms with Crippen molar-refractivity contribution in [2.24, 2.45) is 35.5 Å². The van der Waals surface area contributed by atoms with E-state index >= 15 is 0 Å². The molecule has 0 amide bonds. The summed E-state index contributed by atoms with van der Waals surface area (Å²) in [6.07, 6.45) is 8.44. The van der Waals surface area contributed by atoms with Gasteiger partial charge in [-0.3, -0.25) is 14.1 Å². The van der Waals surface area contributed by atoms with Crippen LogP contribution in [0, 0.1) is 35.5 Å². The standard InChI is InChI=1S/C26H30O5S/c27-22-16-4-14-5-17(22)11-25(8-14,10-16)20-2-1-3-21(24(20)32(29,30)31)26-9-15-6-18(12-26)23(28)19(7-15)13-26/h1-3,14-19H,4-13H2,(H,29,30,31). The molecule has 0 aliphatic heterocycles. The number of carbonyl (C=O) groups is 2. The molecule has 8 fully saturated rings. The van der Waals surface area contributed by atoms with Crippen molar-refractivity contribution in [1.29, 1.82) is 0 Å². The lowest BCUT2D eigenvalue weighted by Gasteiger charge is -2.58. The van der Waals surface area contributed by atoms with Gasteiger partial charge < -0.3 is 0 Å². The number of benzene rings is 1. The second kappa shape index (κ2) is 6.12. The zero-order valence-electron chi connectivity index (χ0n) is 18.3. The first-order valence-corrected chi connectivity index (χ1v) is 13.8. The molecule has 8 saturated carbocycles. The van der Waals surface area contributed by atoms with E-state index in [9.17, 15) is 22.6 Å². The zero-order chi connectivity index (χ0) is 22.0. The van der Waals surface area contributed by atoms with E-state index in [1.807, 2.05) is 18.2 Å². The highest BCUT2D eigenvalue weighted by atomic mass is 32.2. The molecule has 4 unspecified atom stereocenters. The smallest absolute Gasteiger partial charge is 0.295 e. The molecule has 9 rings (SSSR count). The van der Waals surface area contributed by atoms with E-state index in [-0.39, 0.29) is 39.4 Å². The minimum atomic E-state index is -4.45. The number of hydrogen-bond donors (Lipinski definition) is 1. The van der Waals surface area contributed by atoms with Gasteiger partial charge in [-0.1, -0.05) is 18.2 Å². The summed E-state index contributed by atoms with van der Waals surface area (Å²) < 4.78 is 36.6. The van der Waals surface area contributed by atoms with Gasteiger partial charge in [0, 0.05) is 23.7 Å². The summed E-state index contributed by atoms with van der Waals surface area (Å²) in [4.78, 5) is 25.6. The Bertz CT molecular complexity index is 1060. The van der Waals surface area contributed by atoms with E-state index in [0.717, 1.165) is 49.7 Å². The molecular weight excluding hydrogens is 424 g/mol. The first kappa shape index (κ1) is 19.9. The molecule has 170 valence electrons. The van der Waals surface area contributed by atoms with Crippen LogP contribution in [-0.4, -0.2) is 24.5 Å². The molecular formula is C26H30O5S. The van der Waals surface area contributed by atoms with Crippen LogP contribution in [0.2, 0.25) is 0 Å². The average Bonchev–Trinajstić information content (AvgIpc) is 2.73. The van der Waals surface area contributed by atoms with Crippen LogP contribution in [0.5, 0.6) is 0 Å². The minimum absolute atomic E-state index is 0.0383. The highest BCUT2D eigenvalue weighted by molar-refractivity contribution is 7.86. The van der Waals surface area contributed by atoms with E-state index in [2.05, 4.69) is 0 Å². The van der Waals surface area contributed by atoms with Gasteiger partial charge in [0.25, 0.3) is 10.1 Å². The fourth-order valence-corrected chi connectivity index (χ4v) is 10.9. The average molecular weight is 455 g/mol. The monoisotopic (exact) mass is 454 g/mol. The van der Waals surface area contributed by atoms with E-state index < -0.39 is 10.1 Å². The largest absolute Gasteiger partial charge is 0.299 e. The summed E-state index contributed by atoms with van der Waals surface area (Å²) in [7, 11) is -4.45. The van der Waals surface area contributed by atoms with E-state index in [4.69, 9.17) is 0 Å². The molecule has 0 radical (unpaired) electrons. The summed E-state index contributed by atoms with van der Waals surface area (Å²) in [6.45, 7) is 0. The number of ketones is 2. The van der Waals surface area contributed by atoms with E-state index in [1.165, 1.54) is 0 Å². The Labute approximate surface area is 189 Å². The molecule has 1 N–H and O–H groups in total. The molecule has 5 nitrogen and oxygen atoms in total. The predicted molar refractivity (Wildman–Crippen MR) is 117 cm³/mol. The topological polar surface area (TPSA) is 88.5 Å². The second-order valence-corrected chi connectivity index (χ2v) is 13.6. The Morgan fingerprint density at radius 3 is 1.41 bits per heavy atom. The van der Waals surface area contributed by atoms with Gasteiger partial charge >= 0.3 is 0 Å². The molecule has 32 heavy (non-hydrogen) atoms. The summed E-state index contributed by atoms with van der Waals surface area (Å²) in [5.74, 6) is 1.85. The Hall–Kier alpha value is -1.53. The molecule has 1 aromatic carbocycles. The van der Waals surface area contributed by atoms with Crippen molar-refractivity contribution in [2.45, 2.75) is 79.9 Å². The summed E-state index contributed by atoms with van der Waals surface area (Å²) in [5.41, 5.74) is 0.853. The molecule has 1 aromatic rings. The maximum Gasteiger partial charge on any atom is 0.295 e. The molecule has 0 heterocycles. The third kappa shape index (κ3) is 2.51. The maximum absolute atomic E-state index is 13.0. The lowest BCUT2D eigenvalue weighted by atomic mass is 9.46. The van der Waals surface area contributed by atoms with Crippen molar-refractivity contribution in [3.63, 3.8) is 0 Å². The normalized spacial score (nSPS) is 46.3. The highest BCUT2D eigenvalue weighted by Gasteiger charge is 2.59. The molecule has 8 aliphatic carbocycles. The van der Waals surface area contributed by atoms with Gasteiger partial charge in [0.05, 0.1) is 0 Å². The molecule has 0 spiro atoms. The van der Waals surface area contributed by atoms with Crippen LogP contribution in [0.15, 0.2) is 23.1 Å². The second-order valence-electron chi connectivity index (χ2n) is 12.2. The van der Waals surface area contributed by atoms with Gasteiger partial charge in [0.2, 0.25) is 0 Å². The predicted octanol–water partition coefficient (Wildman–Crippen LogP) is 4.23. The van der Waals surface area contributed by atoms with Crippen molar-refractivity contribution in [2.75, 3.05) is 0 Å². The van der Waals surface area contributed by atoms with Gasteiger partial charge in [-0.15, -0.1) is 0 Å². The van der Waals surface area contributed by atoms with Gasteiger partial charge in [0.15, 0.2) is 0 Å². The summed E-state index contributed by atoms with van der Waals surface area (Å²) >= 11 is 0. The van der Waals surface area contributed by atoms with Crippen molar-refractivity contribution in [3.05, 3.63) is 29.3 Å². The van der Waals surface area contributed by atoms with Crippen LogP contribution < -0.4 is 0 Å². The quantitative estimate of drug-likeness (QED) is 0.691. The Balaban J connectivity index is 1.41. The first-order valence-electron chi connectivity index (χ1n) is 12.4. The number of Topliss-reactive ketones (excluding diaryl/α,β-unsaturated/α-hetero) is 2. The van der Waals surface area contributed by atoms with E-state index in [1.54, 1.807) is 0 Å². The fourth-order valence-electron chi connectivity index (χ4n) is 9.80. The number of carbonyl (C=O) groups excluding carboxylic acids is 2. The van der Waals surface area contributed by atoms with Crippen LogP contribution >= 0.6 is 0 Å². The third-order valence-corrected chi connectivity index (χ3v) is 11.4. The SMILES string of the molecule is O=C1C2CC3CC1CC(c1cccc(C45CC6CC(C4)C(=O)C(C6)C5)c1S(=O)(=O)O)(C3)C2. The molecule has 0 aromatic heterocycles. The number of rotatable bonds is 3. The molecule has 8 bridgehead atoms. The third-order valence-electron chi connectivity index (χ3n) is 10.4. The van der Waals surface area contributed by atoms with Crippen LogP contribution in [0.1, 0.15) is 75.3 Å².